The first-order valence-corrected chi connectivity index (χ1v) is 7.18. The fourth-order valence-corrected chi connectivity index (χ4v) is 2.26. The van der Waals surface area contributed by atoms with Crippen LogP contribution in [0, 0.1) is 13.8 Å². The van der Waals surface area contributed by atoms with E-state index in [0.29, 0.717) is 12.1 Å². The third-order valence-corrected chi connectivity index (χ3v) is 4.10. The van der Waals surface area contributed by atoms with Crippen LogP contribution < -0.4 is 0 Å². The topological polar surface area (TPSA) is 50.2 Å². The molecule has 1 unspecified atom stereocenters. The summed E-state index contributed by atoms with van der Waals surface area (Å²) >= 11 is 3.38. The van der Waals surface area contributed by atoms with Gasteiger partial charge in [0, 0.05) is 4.47 Å². The number of benzene rings is 1. The lowest BCUT2D eigenvalue weighted by atomic mass is 9.95. The molecule has 2 rings (SSSR count). The van der Waals surface area contributed by atoms with Gasteiger partial charge in [0.2, 0.25) is 0 Å². The summed E-state index contributed by atoms with van der Waals surface area (Å²) in [6, 6.07) is 11.5. The number of carboxylic acid groups (broad SMARTS) is 1. The van der Waals surface area contributed by atoms with Gasteiger partial charge < -0.3 is 5.11 Å². The summed E-state index contributed by atoms with van der Waals surface area (Å²) in [4.78, 5) is 15.9. The van der Waals surface area contributed by atoms with Gasteiger partial charge in [-0.1, -0.05) is 29.8 Å². The Balaban J connectivity index is 2.29. The van der Waals surface area contributed by atoms with Crippen molar-refractivity contribution in [2.75, 3.05) is 0 Å². The highest BCUT2D eigenvalue weighted by Crippen LogP contribution is 2.23. The molecule has 20 heavy (non-hydrogen) atoms. The minimum absolute atomic E-state index is 0.448. The van der Waals surface area contributed by atoms with Crippen LogP contribution in [0.1, 0.15) is 28.4 Å². The molecule has 0 fully saturated rings. The number of pyridine rings is 1. The highest BCUT2D eigenvalue weighted by atomic mass is 79.9. The Morgan fingerprint density at radius 3 is 2.40 bits per heavy atom. The van der Waals surface area contributed by atoms with Crippen molar-refractivity contribution in [3.8, 4) is 0 Å². The van der Waals surface area contributed by atoms with Gasteiger partial charge in [0.15, 0.2) is 0 Å². The standard InChI is InChI=1S/C16H16BrNO2/c1-10-3-5-12(6-4-10)9-13(16(19)20)15-8-7-14(17)11(2)18-15/h3-8,13H,9H2,1-2H3,(H,19,20). The average Bonchev–Trinajstić information content (AvgIpc) is 2.41. The van der Waals surface area contributed by atoms with Crippen LogP contribution in [0.3, 0.4) is 0 Å². The van der Waals surface area contributed by atoms with E-state index < -0.39 is 11.9 Å². The van der Waals surface area contributed by atoms with E-state index in [0.717, 1.165) is 15.7 Å². The van der Waals surface area contributed by atoms with Crippen LogP contribution in [0.2, 0.25) is 0 Å². The lowest BCUT2D eigenvalue weighted by Crippen LogP contribution is -2.16. The van der Waals surface area contributed by atoms with Crippen molar-refractivity contribution in [2.24, 2.45) is 0 Å². The first-order chi connectivity index (χ1) is 9.47. The van der Waals surface area contributed by atoms with Crippen LogP contribution in [0.25, 0.3) is 0 Å². The zero-order chi connectivity index (χ0) is 14.7. The van der Waals surface area contributed by atoms with Crippen molar-refractivity contribution in [1.29, 1.82) is 0 Å². The summed E-state index contributed by atoms with van der Waals surface area (Å²) in [6.45, 7) is 3.87. The van der Waals surface area contributed by atoms with Crippen molar-refractivity contribution >= 4 is 21.9 Å². The number of hydrogen-bond donors (Lipinski definition) is 1. The number of aromatic nitrogens is 1. The lowest BCUT2D eigenvalue weighted by Gasteiger charge is -2.13. The number of aliphatic carboxylic acids is 1. The maximum absolute atomic E-state index is 11.5. The molecule has 4 heteroatoms. The van der Waals surface area contributed by atoms with Gasteiger partial charge in [-0.3, -0.25) is 9.78 Å². The van der Waals surface area contributed by atoms with E-state index in [-0.39, 0.29) is 0 Å². The summed E-state index contributed by atoms with van der Waals surface area (Å²) in [7, 11) is 0. The van der Waals surface area contributed by atoms with Crippen molar-refractivity contribution in [1.82, 2.24) is 4.98 Å². The molecule has 1 atom stereocenters. The molecule has 0 spiro atoms. The molecule has 2 aromatic rings. The van der Waals surface area contributed by atoms with Crippen LogP contribution in [0.15, 0.2) is 40.9 Å². The quantitative estimate of drug-likeness (QED) is 0.923. The molecule has 3 nitrogen and oxygen atoms in total. The average molecular weight is 334 g/mol. The Bertz CT molecular complexity index is 623. The molecule has 0 saturated carbocycles. The van der Waals surface area contributed by atoms with Crippen LogP contribution in [-0.2, 0) is 11.2 Å². The monoisotopic (exact) mass is 333 g/mol. The summed E-state index contributed by atoms with van der Waals surface area (Å²) in [5.41, 5.74) is 3.57. The number of hydrogen-bond acceptors (Lipinski definition) is 2. The highest BCUT2D eigenvalue weighted by molar-refractivity contribution is 9.10. The Kier molecular flexibility index (Phi) is 4.55. The summed E-state index contributed by atoms with van der Waals surface area (Å²) < 4.78 is 0.890. The molecule has 0 amide bonds. The van der Waals surface area contributed by atoms with Gasteiger partial charge in [0.05, 0.1) is 11.4 Å². The second-order valence-corrected chi connectivity index (χ2v) is 5.74. The number of carboxylic acids is 1. The smallest absolute Gasteiger partial charge is 0.312 e. The molecule has 0 bridgehead atoms. The number of carbonyl (C=O) groups is 1. The van der Waals surface area contributed by atoms with Gasteiger partial charge in [-0.25, -0.2) is 0 Å². The first kappa shape index (κ1) is 14.7. The highest BCUT2D eigenvalue weighted by Gasteiger charge is 2.22. The van der Waals surface area contributed by atoms with Gasteiger partial charge in [0.25, 0.3) is 0 Å². The van der Waals surface area contributed by atoms with Gasteiger partial charge in [-0.2, -0.15) is 0 Å². The van der Waals surface area contributed by atoms with Crippen molar-refractivity contribution in [2.45, 2.75) is 26.2 Å². The molecule has 0 aliphatic heterocycles. The molecular formula is C16H16BrNO2. The fraction of sp³-hybridized carbons (Fsp3) is 0.250. The lowest BCUT2D eigenvalue weighted by molar-refractivity contribution is -0.138. The van der Waals surface area contributed by atoms with Gasteiger partial charge in [-0.05, 0) is 53.9 Å². The minimum atomic E-state index is -0.847. The summed E-state index contributed by atoms with van der Waals surface area (Å²) in [5, 5.41) is 9.45. The predicted molar refractivity (Wildman–Crippen MR) is 81.9 cm³/mol. The van der Waals surface area contributed by atoms with Crippen molar-refractivity contribution < 1.29 is 9.90 Å². The number of nitrogens with zero attached hydrogens (tertiary/aromatic N) is 1. The normalized spacial score (nSPS) is 12.2. The van der Waals surface area contributed by atoms with E-state index in [1.165, 1.54) is 5.56 Å². The van der Waals surface area contributed by atoms with E-state index in [4.69, 9.17) is 0 Å². The maximum Gasteiger partial charge on any atom is 0.312 e. The first-order valence-electron chi connectivity index (χ1n) is 6.39. The van der Waals surface area contributed by atoms with Crippen molar-refractivity contribution in [3.05, 3.63) is 63.4 Å². The summed E-state index contributed by atoms with van der Waals surface area (Å²) in [6.07, 6.45) is 0.448. The molecule has 1 aromatic heterocycles. The van der Waals surface area contributed by atoms with E-state index in [9.17, 15) is 9.90 Å². The van der Waals surface area contributed by atoms with E-state index >= 15 is 0 Å². The SMILES string of the molecule is Cc1ccc(CC(C(=O)O)c2ccc(Br)c(C)n2)cc1. The third-order valence-electron chi connectivity index (χ3n) is 3.26. The molecule has 0 aliphatic rings. The molecule has 104 valence electrons. The second kappa shape index (κ2) is 6.18. The number of halogens is 1. The Morgan fingerprint density at radius 1 is 1.20 bits per heavy atom. The molecular weight excluding hydrogens is 318 g/mol. The van der Waals surface area contributed by atoms with Crippen LogP contribution in [0.5, 0.6) is 0 Å². The zero-order valence-electron chi connectivity index (χ0n) is 11.4. The molecule has 0 aliphatic carbocycles. The third kappa shape index (κ3) is 3.45. The fourth-order valence-electron chi connectivity index (χ4n) is 2.04. The maximum atomic E-state index is 11.5. The minimum Gasteiger partial charge on any atom is -0.481 e. The second-order valence-electron chi connectivity index (χ2n) is 4.88. The molecule has 0 radical (unpaired) electrons. The number of rotatable bonds is 4. The van der Waals surface area contributed by atoms with E-state index in [1.54, 1.807) is 6.07 Å². The van der Waals surface area contributed by atoms with Crippen LogP contribution in [0.4, 0.5) is 0 Å². The molecule has 0 saturated heterocycles. The zero-order valence-corrected chi connectivity index (χ0v) is 13.0. The van der Waals surface area contributed by atoms with E-state index in [2.05, 4.69) is 20.9 Å². The Hall–Kier alpha value is -1.68. The summed E-state index contributed by atoms with van der Waals surface area (Å²) in [5.74, 6) is -1.47. The largest absolute Gasteiger partial charge is 0.481 e. The van der Waals surface area contributed by atoms with Crippen LogP contribution in [-0.4, -0.2) is 16.1 Å². The Labute approximate surface area is 126 Å². The van der Waals surface area contributed by atoms with Crippen LogP contribution >= 0.6 is 15.9 Å². The van der Waals surface area contributed by atoms with Gasteiger partial charge in [0.1, 0.15) is 5.92 Å². The molecule has 1 N–H and O–H groups in total. The molecule has 1 heterocycles. The number of aryl methyl sites for hydroxylation is 2. The van der Waals surface area contributed by atoms with E-state index in [1.807, 2.05) is 44.2 Å². The predicted octanol–water partition coefficient (Wildman–Crippen LogP) is 3.87. The Morgan fingerprint density at radius 2 is 1.85 bits per heavy atom. The van der Waals surface area contributed by atoms with Gasteiger partial charge in [-0.15, -0.1) is 0 Å². The molecule has 1 aromatic carbocycles. The van der Waals surface area contributed by atoms with Crippen molar-refractivity contribution in [3.63, 3.8) is 0 Å². The van der Waals surface area contributed by atoms with Gasteiger partial charge >= 0.3 is 5.97 Å².